The molecule has 0 aliphatic carbocycles. The first-order chi connectivity index (χ1) is 8.15. The third kappa shape index (κ3) is 2.87. The fraction of sp³-hybridized carbons (Fsp3) is 0.154. The number of nitrogens with zero attached hydrogens (tertiary/aromatic N) is 2. The molecule has 2 aromatic rings. The molecular weight excluding hydrogens is 214 g/mol. The highest BCUT2D eigenvalue weighted by Crippen LogP contribution is 2.08. The van der Waals surface area contributed by atoms with Crippen LogP contribution in [0.5, 0.6) is 0 Å². The monoisotopic (exact) mass is 227 g/mol. The van der Waals surface area contributed by atoms with Gasteiger partial charge in [0.25, 0.3) is 0 Å². The van der Waals surface area contributed by atoms with Crippen LogP contribution in [0, 0.1) is 6.92 Å². The number of anilines is 1. The molecule has 0 spiro atoms. The predicted molar refractivity (Wildman–Crippen MR) is 65.7 cm³/mol. The number of aromatic nitrogens is 2. The van der Waals surface area contributed by atoms with Gasteiger partial charge in [0.2, 0.25) is 0 Å². The summed E-state index contributed by atoms with van der Waals surface area (Å²) in [6.07, 6.45) is 3.54. The molecule has 0 aromatic carbocycles. The lowest BCUT2D eigenvalue weighted by atomic mass is 10.1. The third-order valence-corrected chi connectivity index (χ3v) is 2.41. The van der Waals surface area contributed by atoms with Crippen LogP contribution in [-0.4, -0.2) is 15.8 Å². The molecule has 4 nitrogen and oxygen atoms in total. The van der Waals surface area contributed by atoms with E-state index in [1.807, 2.05) is 13.0 Å². The van der Waals surface area contributed by atoms with Gasteiger partial charge >= 0.3 is 0 Å². The third-order valence-electron chi connectivity index (χ3n) is 2.41. The van der Waals surface area contributed by atoms with Crippen LogP contribution in [-0.2, 0) is 6.42 Å². The van der Waals surface area contributed by atoms with E-state index < -0.39 is 0 Å². The number of carbonyl (C=O) groups excluding carboxylic acids is 1. The van der Waals surface area contributed by atoms with E-state index in [0.29, 0.717) is 17.9 Å². The van der Waals surface area contributed by atoms with Crippen molar-refractivity contribution in [2.24, 2.45) is 0 Å². The van der Waals surface area contributed by atoms with E-state index in [0.717, 1.165) is 11.1 Å². The molecule has 2 heterocycles. The molecule has 0 bridgehead atoms. The Morgan fingerprint density at radius 3 is 2.71 bits per heavy atom. The maximum absolute atomic E-state index is 12.0. The maximum Gasteiger partial charge on any atom is 0.185 e. The van der Waals surface area contributed by atoms with Crippen LogP contribution in [0.1, 0.15) is 21.6 Å². The van der Waals surface area contributed by atoms with Gasteiger partial charge in [-0.3, -0.25) is 9.78 Å². The second-order valence-electron chi connectivity index (χ2n) is 3.91. The van der Waals surface area contributed by atoms with Crippen LogP contribution in [0.4, 0.5) is 5.82 Å². The highest BCUT2D eigenvalue weighted by atomic mass is 16.1. The summed E-state index contributed by atoms with van der Waals surface area (Å²) in [4.78, 5) is 19.9. The van der Waals surface area contributed by atoms with Crippen molar-refractivity contribution in [1.29, 1.82) is 0 Å². The molecule has 0 unspecified atom stereocenters. The van der Waals surface area contributed by atoms with E-state index in [1.165, 1.54) is 0 Å². The van der Waals surface area contributed by atoms with Crippen molar-refractivity contribution in [3.63, 3.8) is 0 Å². The zero-order chi connectivity index (χ0) is 12.3. The van der Waals surface area contributed by atoms with E-state index in [4.69, 9.17) is 5.73 Å². The van der Waals surface area contributed by atoms with Gasteiger partial charge in [0.05, 0.1) is 0 Å². The first kappa shape index (κ1) is 11.3. The summed E-state index contributed by atoms with van der Waals surface area (Å²) < 4.78 is 0. The molecule has 2 aromatic heterocycles. The molecule has 0 atom stereocenters. The molecule has 17 heavy (non-hydrogen) atoms. The van der Waals surface area contributed by atoms with Crippen molar-refractivity contribution < 1.29 is 4.79 Å². The standard InChI is InChI=1S/C13H13N3O/c1-9-2-4-15-11(6-9)12(17)7-10-3-5-16-13(14)8-10/h2-6,8H,7H2,1H3,(H2,14,16). The number of nitrogens with two attached hydrogens (primary N) is 1. The number of aryl methyl sites for hydroxylation is 1. The van der Waals surface area contributed by atoms with E-state index in [-0.39, 0.29) is 5.78 Å². The van der Waals surface area contributed by atoms with Gasteiger partial charge in [-0.15, -0.1) is 0 Å². The topological polar surface area (TPSA) is 68.9 Å². The normalized spacial score (nSPS) is 10.2. The zero-order valence-electron chi connectivity index (χ0n) is 9.55. The van der Waals surface area contributed by atoms with E-state index in [2.05, 4.69) is 9.97 Å². The number of carbonyl (C=O) groups is 1. The van der Waals surface area contributed by atoms with E-state index >= 15 is 0 Å². The van der Waals surface area contributed by atoms with E-state index in [1.54, 1.807) is 30.6 Å². The molecule has 0 fully saturated rings. The minimum absolute atomic E-state index is 0.0145. The Bertz CT molecular complexity index is 552. The van der Waals surface area contributed by atoms with Crippen molar-refractivity contribution in [3.8, 4) is 0 Å². The SMILES string of the molecule is Cc1ccnc(C(=O)Cc2ccnc(N)c2)c1. The molecule has 4 heteroatoms. The minimum atomic E-state index is -0.0145. The Morgan fingerprint density at radius 2 is 2.00 bits per heavy atom. The van der Waals surface area contributed by atoms with Crippen molar-refractivity contribution in [3.05, 3.63) is 53.5 Å². The summed E-state index contributed by atoms with van der Waals surface area (Å²) in [5.74, 6) is 0.409. The largest absolute Gasteiger partial charge is 0.384 e. The van der Waals surface area contributed by atoms with Crippen LogP contribution < -0.4 is 5.73 Å². The van der Waals surface area contributed by atoms with Gasteiger partial charge in [-0.25, -0.2) is 4.98 Å². The predicted octanol–water partition coefficient (Wildman–Crippen LogP) is 1.79. The summed E-state index contributed by atoms with van der Waals surface area (Å²) in [6.45, 7) is 1.93. The molecule has 0 aliphatic rings. The number of hydrogen-bond acceptors (Lipinski definition) is 4. The number of hydrogen-bond donors (Lipinski definition) is 1. The lowest BCUT2D eigenvalue weighted by molar-refractivity contribution is 0.0988. The van der Waals surface area contributed by atoms with Crippen LogP contribution in [0.15, 0.2) is 36.7 Å². The van der Waals surface area contributed by atoms with Gasteiger partial charge < -0.3 is 5.73 Å². The number of Topliss-reactive ketones (excluding diaryl/α,β-unsaturated/α-hetero) is 1. The summed E-state index contributed by atoms with van der Waals surface area (Å²) in [7, 11) is 0. The zero-order valence-corrected chi connectivity index (χ0v) is 9.55. The van der Waals surface area contributed by atoms with Crippen LogP contribution in [0.3, 0.4) is 0 Å². The summed E-state index contributed by atoms with van der Waals surface area (Å²) in [5.41, 5.74) is 7.92. The summed E-state index contributed by atoms with van der Waals surface area (Å²) in [6, 6.07) is 7.13. The van der Waals surface area contributed by atoms with Crippen molar-refractivity contribution in [2.75, 3.05) is 5.73 Å². The lowest BCUT2D eigenvalue weighted by Gasteiger charge is -2.02. The maximum atomic E-state index is 12.0. The highest BCUT2D eigenvalue weighted by molar-refractivity contribution is 5.95. The minimum Gasteiger partial charge on any atom is -0.384 e. The van der Waals surface area contributed by atoms with Crippen LogP contribution in [0.25, 0.3) is 0 Å². The van der Waals surface area contributed by atoms with Gasteiger partial charge in [0.15, 0.2) is 5.78 Å². The van der Waals surface area contributed by atoms with Crippen LogP contribution >= 0.6 is 0 Å². The second-order valence-corrected chi connectivity index (χ2v) is 3.91. The van der Waals surface area contributed by atoms with Crippen molar-refractivity contribution in [2.45, 2.75) is 13.3 Å². The molecule has 0 saturated carbocycles. The smallest absolute Gasteiger partial charge is 0.185 e. The Balaban J connectivity index is 2.17. The van der Waals surface area contributed by atoms with Gasteiger partial charge in [-0.05, 0) is 42.3 Å². The van der Waals surface area contributed by atoms with Crippen molar-refractivity contribution >= 4 is 11.6 Å². The Kier molecular flexibility index (Phi) is 3.14. The van der Waals surface area contributed by atoms with Gasteiger partial charge in [-0.2, -0.15) is 0 Å². The van der Waals surface area contributed by atoms with E-state index in [9.17, 15) is 4.79 Å². The second kappa shape index (κ2) is 4.74. The molecule has 86 valence electrons. The van der Waals surface area contributed by atoms with Gasteiger partial charge in [0.1, 0.15) is 11.5 Å². The first-order valence-corrected chi connectivity index (χ1v) is 5.31. The number of pyridine rings is 2. The average molecular weight is 227 g/mol. The van der Waals surface area contributed by atoms with Gasteiger partial charge in [0, 0.05) is 18.8 Å². The summed E-state index contributed by atoms with van der Waals surface area (Å²) in [5, 5.41) is 0. The first-order valence-electron chi connectivity index (χ1n) is 5.31. The lowest BCUT2D eigenvalue weighted by Crippen LogP contribution is -2.06. The number of rotatable bonds is 3. The fourth-order valence-corrected chi connectivity index (χ4v) is 1.57. The summed E-state index contributed by atoms with van der Waals surface area (Å²) >= 11 is 0. The molecule has 0 saturated heterocycles. The Morgan fingerprint density at radius 1 is 1.24 bits per heavy atom. The average Bonchev–Trinajstić information content (AvgIpc) is 2.29. The van der Waals surface area contributed by atoms with Gasteiger partial charge in [-0.1, -0.05) is 0 Å². The van der Waals surface area contributed by atoms with Crippen LogP contribution in [0.2, 0.25) is 0 Å². The number of ketones is 1. The molecular formula is C13H13N3O. The molecule has 2 N–H and O–H groups in total. The molecule has 0 amide bonds. The Hall–Kier alpha value is -2.23. The highest BCUT2D eigenvalue weighted by Gasteiger charge is 2.08. The quantitative estimate of drug-likeness (QED) is 0.812. The number of nitrogen functional groups attached to an aromatic ring is 1. The molecule has 2 rings (SSSR count). The Labute approximate surface area is 99.5 Å². The molecule has 0 aliphatic heterocycles. The molecule has 0 radical (unpaired) electrons. The van der Waals surface area contributed by atoms with Crippen molar-refractivity contribution in [1.82, 2.24) is 9.97 Å². The fourth-order valence-electron chi connectivity index (χ4n) is 1.57.